The molecule has 1 amide bonds. The van der Waals surface area contributed by atoms with Crippen molar-refractivity contribution in [1.29, 1.82) is 0 Å². The molecule has 0 spiro atoms. The van der Waals surface area contributed by atoms with Crippen LogP contribution >= 0.6 is 11.6 Å². The number of rotatable bonds is 6. The fraction of sp³-hybridized carbons (Fsp3) is 0.423. The second-order valence-corrected chi connectivity index (χ2v) is 9.86. The van der Waals surface area contributed by atoms with E-state index in [2.05, 4.69) is 15.3 Å². The minimum Gasteiger partial charge on any atom is -0.493 e. The lowest BCUT2D eigenvalue weighted by Crippen LogP contribution is -2.48. The van der Waals surface area contributed by atoms with Crippen molar-refractivity contribution in [1.82, 2.24) is 19.8 Å². The summed E-state index contributed by atoms with van der Waals surface area (Å²) in [5.74, 6) is 0.853. The van der Waals surface area contributed by atoms with Crippen molar-refractivity contribution in [2.75, 3.05) is 39.1 Å². The van der Waals surface area contributed by atoms with Gasteiger partial charge in [-0.15, -0.1) is 0 Å². The van der Waals surface area contributed by atoms with E-state index in [4.69, 9.17) is 21.1 Å². The first-order valence-electron chi connectivity index (χ1n) is 12.2. The van der Waals surface area contributed by atoms with Crippen LogP contribution < -0.4 is 14.8 Å². The number of nitrogens with one attached hydrogen (secondary N) is 1. The van der Waals surface area contributed by atoms with Gasteiger partial charge in [0.25, 0.3) is 0 Å². The number of amides is 1. The summed E-state index contributed by atoms with van der Waals surface area (Å²) in [6.45, 7) is 1.70. The third-order valence-corrected chi connectivity index (χ3v) is 7.28. The van der Waals surface area contributed by atoms with Crippen LogP contribution in [0.25, 0.3) is 10.9 Å². The third-order valence-electron chi connectivity index (χ3n) is 6.99. The van der Waals surface area contributed by atoms with Gasteiger partial charge >= 0.3 is 0 Å². The van der Waals surface area contributed by atoms with Gasteiger partial charge in [0.05, 0.1) is 35.5 Å². The van der Waals surface area contributed by atoms with Gasteiger partial charge in [-0.3, -0.25) is 9.69 Å². The van der Waals surface area contributed by atoms with E-state index in [1.165, 1.54) is 12.4 Å². The summed E-state index contributed by atoms with van der Waals surface area (Å²) in [7, 11) is 3.46. The molecule has 0 unspecified atom stereocenters. The second kappa shape index (κ2) is 10.6. The first kappa shape index (κ1) is 25.4. The number of halogens is 2. The number of carbonyl (C=O) groups is 1. The first-order chi connectivity index (χ1) is 17.8. The molecule has 0 saturated carbocycles. The largest absolute Gasteiger partial charge is 0.493 e. The number of fused-ring (bicyclic) bond motifs is 1. The Balaban J connectivity index is 1.37. The Morgan fingerprint density at radius 3 is 2.76 bits per heavy atom. The van der Waals surface area contributed by atoms with E-state index in [9.17, 15) is 14.3 Å². The quantitative estimate of drug-likeness (QED) is 0.499. The minimum atomic E-state index is -0.575. The van der Waals surface area contributed by atoms with Gasteiger partial charge < -0.3 is 24.8 Å². The number of ether oxygens (including phenoxy) is 2. The highest BCUT2D eigenvalue weighted by Crippen LogP contribution is 2.37. The van der Waals surface area contributed by atoms with Crippen molar-refractivity contribution >= 4 is 39.9 Å². The van der Waals surface area contributed by atoms with Crippen LogP contribution in [0, 0.1) is 5.82 Å². The van der Waals surface area contributed by atoms with Crippen molar-refractivity contribution in [3.63, 3.8) is 0 Å². The molecule has 2 fully saturated rings. The lowest BCUT2D eigenvalue weighted by atomic mass is 10.1. The van der Waals surface area contributed by atoms with Crippen molar-refractivity contribution < 1.29 is 23.8 Å². The molecule has 2 saturated heterocycles. The van der Waals surface area contributed by atoms with Gasteiger partial charge in [-0.05, 0) is 38.1 Å². The van der Waals surface area contributed by atoms with E-state index >= 15 is 0 Å². The monoisotopic (exact) mass is 529 g/mol. The highest BCUT2D eigenvalue weighted by atomic mass is 35.5. The van der Waals surface area contributed by atoms with Gasteiger partial charge in [0.1, 0.15) is 18.2 Å². The van der Waals surface area contributed by atoms with Gasteiger partial charge in [0.15, 0.2) is 17.3 Å². The molecular weight excluding hydrogens is 501 g/mol. The molecule has 2 aliphatic heterocycles. The van der Waals surface area contributed by atoms with Gasteiger partial charge in [-0.1, -0.05) is 17.7 Å². The number of aromatic nitrogens is 2. The van der Waals surface area contributed by atoms with Gasteiger partial charge in [-0.25, -0.2) is 14.4 Å². The minimum absolute atomic E-state index is 0.00393. The maximum Gasteiger partial charge on any atom is 0.240 e. The number of aliphatic hydroxyl groups is 1. The summed E-state index contributed by atoms with van der Waals surface area (Å²) >= 11 is 5.93. The molecule has 2 atom stereocenters. The number of anilines is 2. The Labute approximate surface area is 219 Å². The summed E-state index contributed by atoms with van der Waals surface area (Å²) in [5, 5.41) is 13.4. The van der Waals surface area contributed by atoms with Crippen LogP contribution in [0.3, 0.4) is 0 Å². The Morgan fingerprint density at radius 2 is 2.00 bits per heavy atom. The molecule has 2 N–H and O–H groups in total. The molecule has 1 aromatic heterocycles. The summed E-state index contributed by atoms with van der Waals surface area (Å²) in [4.78, 5) is 25.6. The summed E-state index contributed by atoms with van der Waals surface area (Å²) < 4.78 is 26.4. The summed E-state index contributed by atoms with van der Waals surface area (Å²) in [6.07, 6.45) is 2.55. The van der Waals surface area contributed by atoms with Gasteiger partial charge in [0.2, 0.25) is 5.91 Å². The molecule has 0 radical (unpaired) electrons. The van der Waals surface area contributed by atoms with Crippen LogP contribution in [-0.2, 0) is 4.79 Å². The normalized spacial score (nSPS) is 20.8. The highest BCUT2D eigenvalue weighted by Gasteiger charge is 2.39. The molecule has 0 bridgehead atoms. The van der Waals surface area contributed by atoms with Crippen molar-refractivity contribution in [3.05, 3.63) is 47.5 Å². The van der Waals surface area contributed by atoms with Crippen molar-refractivity contribution in [2.45, 2.75) is 37.5 Å². The molecule has 37 heavy (non-hydrogen) atoms. The number of likely N-dealkylation sites (N-methyl/N-ethyl adjacent to an activating group) is 1. The predicted molar refractivity (Wildman–Crippen MR) is 138 cm³/mol. The predicted octanol–water partition coefficient (Wildman–Crippen LogP) is 3.61. The zero-order chi connectivity index (χ0) is 26.1. The number of hydrogen-bond acceptors (Lipinski definition) is 8. The Bertz CT molecular complexity index is 1300. The number of hydrogen-bond donors (Lipinski definition) is 2. The maximum atomic E-state index is 14.5. The number of methoxy groups -OCH3 is 1. The number of aliphatic hydroxyl groups excluding tert-OH is 1. The second-order valence-electron chi connectivity index (χ2n) is 9.46. The first-order valence-corrected chi connectivity index (χ1v) is 12.6. The smallest absolute Gasteiger partial charge is 0.240 e. The van der Waals surface area contributed by atoms with Crippen molar-refractivity contribution in [2.24, 2.45) is 0 Å². The molecule has 2 aromatic carbocycles. The SMILES string of the molecule is COc1cc2ncnc(Nc3cccc(Cl)c3F)c2cc1O[C@@H]1C[C@H](C(=O)N2CCC(O)CC2)N(C)C1. The fourth-order valence-corrected chi connectivity index (χ4v) is 5.12. The molecule has 196 valence electrons. The zero-order valence-corrected chi connectivity index (χ0v) is 21.4. The van der Waals surface area contributed by atoms with Gasteiger partial charge in [0, 0.05) is 37.5 Å². The Kier molecular flexibility index (Phi) is 7.32. The highest BCUT2D eigenvalue weighted by molar-refractivity contribution is 6.31. The van der Waals surface area contributed by atoms with E-state index in [0.29, 0.717) is 67.1 Å². The van der Waals surface area contributed by atoms with Crippen LogP contribution in [0.2, 0.25) is 5.02 Å². The van der Waals surface area contributed by atoms with Crippen LogP contribution in [0.5, 0.6) is 11.5 Å². The fourth-order valence-electron chi connectivity index (χ4n) is 4.95. The standard InChI is InChI=1S/C26H29ClFN5O4/c1-32-13-16(10-21(32)26(35)33-8-6-15(34)7-9-33)37-23-11-17-20(12-22(23)36-2)29-14-30-25(17)31-19-5-3-4-18(27)24(19)28/h3-5,11-12,14-16,21,34H,6-10,13H2,1-2H3,(H,29,30,31)/t16-,21-/m1/s1. The zero-order valence-electron chi connectivity index (χ0n) is 20.7. The molecule has 9 nitrogen and oxygen atoms in total. The van der Waals surface area contributed by atoms with Crippen LogP contribution in [-0.4, -0.2) is 82.8 Å². The van der Waals surface area contributed by atoms with E-state index in [1.807, 2.05) is 16.8 Å². The molecular formula is C26H29ClFN5O4. The van der Waals surface area contributed by atoms with Crippen molar-refractivity contribution in [3.8, 4) is 11.5 Å². The molecule has 3 heterocycles. The molecule has 3 aromatic rings. The molecule has 0 aliphatic carbocycles. The van der Waals surface area contributed by atoms with E-state index in [1.54, 1.807) is 31.4 Å². The molecule has 11 heteroatoms. The average Bonchev–Trinajstić information content (AvgIpc) is 3.26. The summed E-state index contributed by atoms with van der Waals surface area (Å²) in [6, 6.07) is 7.91. The summed E-state index contributed by atoms with van der Waals surface area (Å²) in [5.41, 5.74) is 0.780. The third kappa shape index (κ3) is 5.27. The average molecular weight is 530 g/mol. The Morgan fingerprint density at radius 1 is 1.22 bits per heavy atom. The number of benzene rings is 2. The van der Waals surface area contributed by atoms with Crippen LogP contribution in [0.15, 0.2) is 36.7 Å². The maximum absolute atomic E-state index is 14.5. The molecule has 2 aliphatic rings. The molecule has 5 rings (SSSR count). The number of piperidine rings is 1. The van der Waals surface area contributed by atoms with Crippen LogP contribution in [0.1, 0.15) is 19.3 Å². The number of likely N-dealkylation sites (tertiary alicyclic amines) is 2. The van der Waals surface area contributed by atoms with E-state index in [0.717, 1.165) is 0 Å². The van der Waals surface area contributed by atoms with Gasteiger partial charge in [-0.2, -0.15) is 0 Å². The number of nitrogens with zero attached hydrogens (tertiary/aromatic N) is 4. The van der Waals surface area contributed by atoms with Crippen LogP contribution in [0.4, 0.5) is 15.9 Å². The van der Waals surface area contributed by atoms with E-state index < -0.39 is 5.82 Å². The Hall–Kier alpha value is -3.21. The lowest BCUT2D eigenvalue weighted by molar-refractivity contribution is -0.137. The van der Waals surface area contributed by atoms with E-state index in [-0.39, 0.29) is 34.9 Å². The number of carbonyl (C=O) groups excluding carboxylic acids is 1. The lowest BCUT2D eigenvalue weighted by Gasteiger charge is -2.33. The topological polar surface area (TPSA) is 100 Å².